The lowest BCUT2D eigenvalue weighted by atomic mass is 10.1. The number of benzene rings is 1. The summed E-state index contributed by atoms with van der Waals surface area (Å²) in [4.78, 5) is 11.4. The lowest BCUT2D eigenvalue weighted by Gasteiger charge is -2.15. The van der Waals surface area contributed by atoms with Crippen molar-refractivity contribution in [2.75, 3.05) is 13.1 Å². The Morgan fingerprint density at radius 1 is 1.50 bits per heavy atom. The zero-order valence-corrected chi connectivity index (χ0v) is 11.8. The molecule has 96 valence electrons. The second kappa shape index (κ2) is 7.85. The van der Waals surface area contributed by atoms with Crippen LogP contribution in [0.1, 0.15) is 24.9 Å². The number of nitrogens with zero attached hydrogens (tertiary/aromatic N) is 1. The largest absolute Gasteiger partial charge is 0.354 e. The summed E-state index contributed by atoms with van der Waals surface area (Å²) in [5, 5.41) is 14.2. The van der Waals surface area contributed by atoms with Crippen molar-refractivity contribution in [3.05, 3.63) is 34.3 Å². The van der Waals surface area contributed by atoms with Crippen LogP contribution in [0.4, 0.5) is 0 Å². The quantitative estimate of drug-likeness (QED) is 0.791. The number of carbonyl (C=O) groups is 1. The Labute approximate surface area is 116 Å². The molecular formula is C13H16BrN3O. The van der Waals surface area contributed by atoms with Crippen LogP contribution in [0.15, 0.2) is 28.7 Å². The van der Waals surface area contributed by atoms with Crippen LogP contribution < -0.4 is 10.6 Å². The van der Waals surface area contributed by atoms with Gasteiger partial charge in [-0.2, -0.15) is 5.26 Å². The van der Waals surface area contributed by atoms with Crippen molar-refractivity contribution in [3.63, 3.8) is 0 Å². The predicted octanol–water partition coefficient (Wildman–Crippen LogP) is 2.13. The van der Waals surface area contributed by atoms with Gasteiger partial charge >= 0.3 is 0 Å². The Morgan fingerprint density at radius 3 is 2.89 bits per heavy atom. The number of halogens is 1. The summed E-state index contributed by atoms with van der Waals surface area (Å²) in [6, 6.07) is 9.96. The Balaban J connectivity index is 2.38. The Kier molecular flexibility index (Phi) is 6.40. The van der Waals surface area contributed by atoms with E-state index in [-0.39, 0.29) is 18.5 Å². The molecule has 0 bridgehead atoms. The van der Waals surface area contributed by atoms with Gasteiger partial charge in [-0.15, -0.1) is 0 Å². The molecule has 2 N–H and O–H groups in total. The minimum absolute atomic E-state index is 0.0855. The second-order valence-corrected chi connectivity index (χ2v) is 4.74. The zero-order valence-electron chi connectivity index (χ0n) is 10.2. The van der Waals surface area contributed by atoms with Crippen molar-refractivity contribution in [3.8, 4) is 6.07 Å². The predicted molar refractivity (Wildman–Crippen MR) is 73.8 cm³/mol. The molecular weight excluding hydrogens is 294 g/mol. The first-order chi connectivity index (χ1) is 8.65. The summed E-state index contributed by atoms with van der Waals surface area (Å²) in [6.07, 6.45) is 0.339. The average Bonchev–Trinajstić information content (AvgIpc) is 2.37. The van der Waals surface area contributed by atoms with Gasteiger partial charge < -0.3 is 10.6 Å². The highest BCUT2D eigenvalue weighted by molar-refractivity contribution is 9.10. The van der Waals surface area contributed by atoms with Gasteiger partial charge in [0.25, 0.3) is 0 Å². The van der Waals surface area contributed by atoms with Crippen LogP contribution in [0.2, 0.25) is 0 Å². The molecule has 0 unspecified atom stereocenters. The number of amides is 1. The van der Waals surface area contributed by atoms with Gasteiger partial charge in [-0.1, -0.05) is 34.1 Å². The van der Waals surface area contributed by atoms with Gasteiger partial charge in [0.15, 0.2) is 0 Å². The summed E-state index contributed by atoms with van der Waals surface area (Å²) in [7, 11) is 0. The molecule has 1 amide bonds. The molecule has 4 nitrogen and oxygen atoms in total. The molecule has 5 heteroatoms. The van der Waals surface area contributed by atoms with Crippen LogP contribution in [-0.4, -0.2) is 19.0 Å². The van der Waals surface area contributed by atoms with Gasteiger partial charge in [-0.3, -0.25) is 4.79 Å². The standard InChI is InChI=1S/C13H16BrN3O/c1-10(11-5-2-3-6-12(11)14)17-9-13(18)16-8-4-7-15/h2-3,5-6,10,17H,4,8-9H2,1H3,(H,16,18)/t10-/m1/s1. The summed E-state index contributed by atoms with van der Waals surface area (Å²) < 4.78 is 1.02. The number of nitrogens with one attached hydrogen (secondary N) is 2. The van der Waals surface area contributed by atoms with Gasteiger partial charge in [0.2, 0.25) is 5.91 Å². The van der Waals surface area contributed by atoms with Crippen LogP contribution >= 0.6 is 15.9 Å². The molecule has 1 rings (SSSR count). The highest BCUT2D eigenvalue weighted by Crippen LogP contribution is 2.22. The fourth-order valence-corrected chi connectivity index (χ4v) is 2.13. The van der Waals surface area contributed by atoms with E-state index in [1.807, 2.05) is 37.3 Å². The van der Waals surface area contributed by atoms with E-state index in [0.717, 1.165) is 10.0 Å². The highest BCUT2D eigenvalue weighted by Gasteiger charge is 2.09. The molecule has 0 spiro atoms. The van der Waals surface area contributed by atoms with E-state index >= 15 is 0 Å². The minimum Gasteiger partial charge on any atom is -0.354 e. The third-order valence-corrected chi connectivity index (χ3v) is 3.22. The normalized spacial score (nSPS) is 11.6. The van der Waals surface area contributed by atoms with E-state index < -0.39 is 0 Å². The van der Waals surface area contributed by atoms with Gasteiger partial charge in [-0.25, -0.2) is 0 Å². The highest BCUT2D eigenvalue weighted by atomic mass is 79.9. The molecule has 1 aromatic carbocycles. The molecule has 0 heterocycles. The van der Waals surface area contributed by atoms with Crippen molar-refractivity contribution in [2.45, 2.75) is 19.4 Å². The SMILES string of the molecule is C[C@@H](NCC(=O)NCCC#N)c1ccccc1Br. The van der Waals surface area contributed by atoms with Gasteiger partial charge in [0, 0.05) is 17.1 Å². The lowest BCUT2D eigenvalue weighted by Crippen LogP contribution is -2.35. The van der Waals surface area contributed by atoms with Crippen molar-refractivity contribution >= 4 is 21.8 Å². The molecule has 0 aliphatic carbocycles. The average molecular weight is 310 g/mol. The van der Waals surface area contributed by atoms with Crippen LogP contribution in [-0.2, 0) is 4.79 Å². The Morgan fingerprint density at radius 2 is 2.22 bits per heavy atom. The van der Waals surface area contributed by atoms with Crippen LogP contribution in [0.5, 0.6) is 0 Å². The van der Waals surface area contributed by atoms with E-state index in [9.17, 15) is 4.79 Å². The molecule has 1 atom stereocenters. The first-order valence-corrected chi connectivity index (χ1v) is 6.56. The molecule has 0 radical (unpaired) electrons. The summed E-state index contributed by atoms with van der Waals surface area (Å²) in [6.45, 7) is 2.65. The van der Waals surface area contributed by atoms with Crippen molar-refractivity contribution in [1.82, 2.24) is 10.6 Å². The maximum atomic E-state index is 11.4. The lowest BCUT2D eigenvalue weighted by molar-refractivity contribution is -0.120. The number of rotatable bonds is 6. The first-order valence-electron chi connectivity index (χ1n) is 5.76. The summed E-state index contributed by atoms with van der Waals surface area (Å²) >= 11 is 3.48. The number of nitriles is 1. The van der Waals surface area contributed by atoms with E-state index in [1.54, 1.807) is 0 Å². The zero-order chi connectivity index (χ0) is 13.4. The van der Waals surface area contributed by atoms with Crippen molar-refractivity contribution in [2.24, 2.45) is 0 Å². The Bertz CT molecular complexity index is 442. The smallest absolute Gasteiger partial charge is 0.234 e. The maximum absolute atomic E-state index is 11.4. The van der Waals surface area contributed by atoms with E-state index in [1.165, 1.54) is 0 Å². The number of hydrogen-bond donors (Lipinski definition) is 2. The van der Waals surface area contributed by atoms with E-state index in [0.29, 0.717) is 13.0 Å². The van der Waals surface area contributed by atoms with Crippen LogP contribution in [0.25, 0.3) is 0 Å². The number of carbonyl (C=O) groups excluding carboxylic acids is 1. The molecule has 0 saturated heterocycles. The molecule has 0 aromatic heterocycles. The molecule has 0 fully saturated rings. The minimum atomic E-state index is -0.0934. The van der Waals surface area contributed by atoms with Gasteiger partial charge in [0.1, 0.15) is 0 Å². The van der Waals surface area contributed by atoms with Crippen molar-refractivity contribution < 1.29 is 4.79 Å². The molecule has 0 aliphatic heterocycles. The van der Waals surface area contributed by atoms with Crippen LogP contribution in [0.3, 0.4) is 0 Å². The first kappa shape index (κ1) is 14.7. The van der Waals surface area contributed by atoms with Gasteiger partial charge in [-0.05, 0) is 18.6 Å². The molecule has 18 heavy (non-hydrogen) atoms. The topological polar surface area (TPSA) is 64.9 Å². The molecule has 0 aliphatic rings. The van der Waals surface area contributed by atoms with E-state index in [4.69, 9.17) is 5.26 Å². The fourth-order valence-electron chi connectivity index (χ4n) is 1.50. The fraction of sp³-hybridized carbons (Fsp3) is 0.385. The number of hydrogen-bond acceptors (Lipinski definition) is 3. The third-order valence-electron chi connectivity index (χ3n) is 2.50. The van der Waals surface area contributed by atoms with Gasteiger partial charge in [0.05, 0.1) is 19.0 Å². The monoisotopic (exact) mass is 309 g/mol. The second-order valence-electron chi connectivity index (χ2n) is 3.88. The Hall–Kier alpha value is -1.38. The maximum Gasteiger partial charge on any atom is 0.234 e. The molecule has 1 aromatic rings. The molecule has 0 saturated carbocycles. The van der Waals surface area contributed by atoms with Crippen LogP contribution in [0, 0.1) is 11.3 Å². The van der Waals surface area contributed by atoms with Crippen molar-refractivity contribution in [1.29, 1.82) is 5.26 Å². The summed E-state index contributed by atoms with van der Waals surface area (Å²) in [5.74, 6) is -0.0934. The third kappa shape index (κ3) is 4.86. The van der Waals surface area contributed by atoms with E-state index in [2.05, 4.69) is 26.6 Å². The summed E-state index contributed by atoms with van der Waals surface area (Å²) in [5.41, 5.74) is 1.11.